The zero-order valence-electron chi connectivity index (χ0n) is 12.2. The number of hydrogen-bond donors (Lipinski definition) is 1. The summed E-state index contributed by atoms with van der Waals surface area (Å²) in [7, 11) is 0. The third-order valence-electron chi connectivity index (χ3n) is 3.76. The van der Waals surface area contributed by atoms with Gasteiger partial charge in [0.15, 0.2) is 11.5 Å². The molecule has 1 N–H and O–H groups in total. The van der Waals surface area contributed by atoms with Crippen molar-refractivity contribution in [3.05, 3.63) is 53.0 Å². The molecule has 5 nitrogen and oxygen atoms in total. The maximum atomic E-state index is 12.3. The number of carbonyl (C=O) groups is 2. The van der Waals surface area contributed by atoms with Gasteiger partial charge in [0.25, 0.3) is 5.60 Å². The van der Waals surface area contributed by atoms with Crippen molar-refractivity contribution in [1.29, 1.82) is 0 Å². The average molecular weight is 300 g/mol. The van der Waals surface area contributed by atoms with Crippen molar-refractivity contribution in [1.82, 2.24) is 0 Å². The minimum Gasteiger partial charge on any atom is -0.463 e. The van der Waals surface area contributed by atoms with Crippen molar-refractivity contribution in [2.45, 2.75) is 25.4 Å². The molecule has 0 unspecified atom stereocenters. The molecule has 0 aromatic heterocycles. The fourth-order valence-corrected chi connectivity index (χ4v) is 2.74. The van der Waals surface area contributed by atoms with E-state index in [-0.39, 0.29) is 30.1 Å². The highest BCUT2D eigenvalue weighted by molar-refractivity contribution is 6.09. The first-order chi connectivity index (χ1) is 10.6. The lowest BCUT2D eigenvalue weighted by molar-refractivity contribution is -0.159. The summed E-state index contributed by atoms with van der Waals surface area (Å²) >= 11 is 0. The van der Waals surface area contributed by atoms with Gasteiger partial charge in [-0.2, -0.15) is 0 Å². The van der Waals surface area contributed by atoms with Gasteiger partial charge in [-0.3, -0.25) is 4.79 Å². The van der Waals surface area contributed by atoms with Gasteiger partial charge in [0.05, 0.1) is 12.2 Å². The van der Waals surface area contributed by atoms with Crippen LogP contribution in [0, 0.1) is 0 Å². The van der Waals surface area contributed by atoms with Gasteiger partial charge < -0.3 is 14.6 Å². The Kier molecular flexibility index (Phi) is 3.58. The molecule has 1 aromatic carbocycles. The Morgan fingerprint density at radius 1 is 1.36 bits per heavy atom. The Labute approximate surface area is 127 Å². The maximum absolute atomic E-state index is 12.3. The highest BCUT2D eigenvalue weighted by Gasteiger charge is 2.57. The van der Waals surface area contributed by atoms with E-state index >= 15 is 0 Å². The number of benzene rings is 1. The molecule has 3 rings (SSSR count). The van der Waals surface area contributed by atoms with Crippen molar-refractivity contribution in [3.63, 3.8) is 0 Å². The highest BCUT2D eigenvalue weighted by Crippen LogP contribution is 2.45. The van der Waals surface area contributed by atoms with Crippen molar-refractivity contribution in [3.8, 4) is 0 Å². The molecule has 1 aliphatic heterocycles. The number of hydrogen-bond acceptors (Lipinski definition) is 5. The quantitative estimate of drug-likeness (QED) is 0.864. The zero-order valence-corrected chi connectivity index (χ0v) is 12.2. The largest absolute Gasteiger partial charge is 0.463 e. The molecule has 0 spiro atoms. The van der Waals surface area contributed by atoms with Gasteiger partial charge in [-0.1, -0.05) is 30.3 Å². The molecule has 1 aliphatic carbocycles. The second-order valence-corrected chi connectivity index (χ2v) is 5.17. The normalized spacial score (nSPS) is 25.4. The third-order valence-corrected chi connectivity index (χ3v) is 3.76. The van der Waals surface area contributed by atoms with Gasteiger partial charge >= 0.3 is 5.97 Å². The van der Waals surface area contributed by atoms with E-state index in [4.69, 9.17) is 9.47 Å². The predicted molar refractivity (Wildman–Crippen MR) is 78.4 cm³/mol. The fraction of sp³-hybridized carbons (Fsp3) is 0.294. The van der Waals surface area contributed by atoms with E-state index in [9.17, 15) is 14.7 Å². The number of carbonyl (C=O) groups excluding carboxylic acids is 2. The second kappa shape index (κ2) is 5.42. The van der Waals surface area contributed by atoms with Gasteiger partial charge in [0.1, 0.15) is 5.76 Å². The summed E-state index contributed by atoms with van der Waals surface area (Å²) in [6.45, 7) is 1.75. The van der Waals surface area contributed by atoms with Crippen molar-refractivity contribution >= 4 is 17.8 Å². The van der Waals surface area contributed by atoms with Gasteiger partial charge in [0.2, 0.25) is 0 Å². The van der Waals surface area contributed by atoms with Gasteiger partial charge in [-0.25, -0.2) is 4.79 Å². The van der Waals surface area contributed by atoms with Crippen LogP contribution in [0.25, 0.3) is 6.08 Å². The highest BCUT2D eigenvalue weighted by atomic mass is 16.6. The van der Waals surface area contributed by atoms with Crippen LogP contribution in [-0.2, 0) is 19.1 Å². The van der Waals surface area contributed by atoms with Crippen LogP contribution in [0.15, 0.2) is 47.4 Å². The summed E-state index contributed by atoms with van der Waals surface area (Å²) in [6, 6.07) is 9.14. The summed E-state index contributed by atoms with van der Waals surface area (Å²) in [5, 5.41) is 10.9. The summed E-state index contributed by atoms with van der Waals surface area (Å²) in [4.78, 5) is 24.3. The molecule has 0 saturated carbocycles. The number of esters is 1. The van der Waals surface area contributed by atoms with Crippen LogP contribution in [0.4, 0.5) is 0 Å². The van der Waals surface area contributed by atoms with E-state index in [2.05, 4.69) is 0 Å². The van der Waals surface area contributed by atoms with Crippen molar-refractivity contribution < 1.29 is 24.2 Å². The molecule has 0 radical (unpaired) electrons. The minimum atomic E-state index is -2.14. The summed E-state index contributed by atoms with van der Waals surface area (Å²) in [5.74, 6) is -0.766. The van der Waals surface area contributed by atoms with Crippen LogP contribution in [-0.4, -0.2) is 29.1 Å². The Morgan fingerprint density at radius 3 is 2.77 bits per heavy atom. The van der Waals surface area contributed by atoms with Gasteiger partial charge in [-0.15, -0.1) is 0 Å². The zero-order chi connectivity index (χ0) is 15.7. The van der Waals surface area contributed by atoms with Crippen LogP contribution in [0.5, 0.6) is 0 Å². The molecule has 5 heteroatoms. The molecular formula is C17H16O5. The first-order valence-electron chi connectivity index (χ1n) is 7.19. The smallest absolute Gasteiger partial charge is 0.351 e. The molecule has 114 valence electrons. The Hall–Kier alpha value is -2.40. The van der Waals surface area contributed by atoms with E-state index in [0.717, 1.165) is 5.56 Å². The molecule has 1 aromatic rings. The number of aliphatic hydroxyl groups is 1. The number of allylic oxidation sites excluding steroid dienone is 1. The molecule has 2 aliphatic rings. The molecule has 0 fully saturated rings. The SMILES string of the molecule is CCOC(=O)[C@@]1(O)C2=C(CCC2=O)O/C1=C\c1ccccc1. The number of ketones is 1. The van der Waals surface area contributed by atoms with Crippen LogP contribution in [0.1, 0.15) is 25.3 Å². The average Bonchev–Trinajstić information content (AvgIpc) is 3.01. The third kappa shape index (κ3) is 2.14. The van der Waals surface area contributed by atoms with E-state index < -0.39 is 11.6 Å². The molecule has 1 heterocycles. The van der Waals surface area contributed by atoms with Crippen molar-refractivity contribution in [2.24, 2.45) is 0 Å². The Balaban J connectivity index is 2.07. The Bertz CT molecular complexity index is 686. The maximum Gasteiger partial charge on any atom is 0.351 e. The van der Waals surface area contributed by atoms with Crippen molar-refractivity contribution in [2.75, 3.05) is 6.61 Å². The number of rotatable bonds is 3. The first-order valence-corrected chi connectivity index (χ1v) is 7.19. The lowest BCUT2D eigenvalue weighted by atomic mass is 9.90. The van der Waals surface area contributed by atoms with E-state index in [0.29, 0.717) is 12.2 Å². The van der Waals surface area contributed by atoms with E-state index in [1.165, 1.54) is 0 Å². The Morgan fingerprint density at radius 2 is 2.09 bits per heavy atom. The standard InChI is InChI=1S/C17H16O5/c1-2-21-16(19)17(20)14(10-11-6-4-3-5-7-11)22-13-9-8-12(18)15(13)17/h3-7,10,20H,2,8-9H2,1H3/b14-10-/t17-/m0/s1. The fourth-order valence-electron chi connectivity index (χ4n) is 2.74. The van der Waals surface area contributed by atoms with E-state index in [1.54, 1.807) is 13.0 Å². The second-order valence-electron chi connectivity index (χ2n) is 5.17. The predicted octanol–water partition coefficient (Wildman–Crippen LogP) is 1.97. The van der Waals surface area contributed by atoms with Crippen LogP contribution in [0.2, 0.25) is 0 Å². The molecule has 0 bridgehead atoms. The monoisotopic (exact) mass is 300 g/mol. The minimum absolute atomic E-state index is 0.0214. The van der Waals surface area contributed by atoms with Crippen LogP contribution in [0.3, 0.4) is 0 Å². The molecule has 1 atom stereocenters. The lowest BCUT2D eigenvalue weighted by Crippen LogP contribution is -2.43. The number of Topliss-reactive ketones (excluding diaryl/α,β-unsaturated/α-hetero) is 1. The first kappa shape index (κ1) is 14.5. The van der Waals surface area contributed by atoms with Crippen LogP contribution >= 0.6 is 0 Å². The lowest BCUT2D eigenvalue weighted by Gasteiger charge is -2.22. The molecule has 22 heavy (non-hydrogen) atoms. The van der Waals surface area contributed by atoms with E-state index in [1.807, 2.05) is 30.3 Å². The van der Waals surface area contributed by atoms with Gasteiger partial charge in [0, 0.05) is 12.8 Å². The summed E-state index contributed by atoms with van der Waals surface area (Å²) < 4.78 is 10.6. The van der Waals surface area contributed by atoms with Crippen LogP contribution < -0.4 is 0 Å². The summed E-state index contributed by atoms with van der Waals surface area (Å²) in [6.07, 6.45) is 2.19. The number of ether oxygens (including phenoxy) is 2. The molecule has 0 amide bonds. The molecule has 0 saturated heterocycles. The summed E-state index contributed by atoms with van der Waals surface area (Å²) in [5.41, 5.74) is -1.36. The molecular weight excluding hydrogens is 284 g/mol. The topological polar surface area (TPSA) is 72.8 Å². The van der Waals surface area contributed by atoms with Gasteiger partial charge in [-0.05, 0) is 18.6 Å².